The fraction of sp³-hybridized carbons (Fsp3) is 0.190. The predicted octanol–water partition coefficient (Wildman–Crippen LogP) is 3.27. The summed E-state index contributed by atoms with van der Waals surface area (Å²) in [7, 11) is 1.34. The summed E-state index contributed by atoms with van der Waals surface area (Å²) in [5, 5.41) is 9.88. The highest BCUT2D eigenvalue weighted by molar-refractivity contribution is 5.95. The fourth-order valence-corrected chi connectivity index (χ4v) is 3.56. The van der Waals surface area contributed by atoms with Crippen LogP contribution in [0.4, 0.5) is 11.4 Å². The molecular formula is C21H17N3O3. The molecule has 0 radical (unpaired) electrons. The highest BCUT2D eigenvalue weighted by atomic mass is 16.5. The first-order chi connectivity index (χ1) is 13.1. The van der Waals surface area contributed by atoms with Gasteiger partial charge in [-0.1, -0.05) is 0 Å². The van der Waals surface area contributed by atoms with Crippen LogP contribution < -0.4 is 10.5 Å². The summed E-state index contributed by atoms with van der Waals surface area (Å²) in [6.45, 7) is 0.712. The number of aryl methyl sites for hydroxylation is 1. The number of hydrogen-bond donors (Lipinski definition) is 1. The molecule has 1 aromatic heterocycles. The lowest BCUT2D eigenvalue weighted by Gasteiger charge is -2.31. The van der Waals surface area contributed by atoms with Crippen molar-refractivity contribution < 1.29 is 9.53 Å². The number of rotatable bonds is 2. The van der Waals surface area contributed by atoms with Crippen LogP contribution in [-0.2, 0) is 11.2 Å². The molecular weight excluding hydrogens is 342 g/mol. The Morgan fingerprint density at radius 3 is 2.81 bits per heavy atom. The number of benzene rings is 2. The van der Waals surface area contributed by atoms with Crippen LogP contribution >= 0.6 is 0 Å². The molecule has 27 heavy (non-hydrogen) atoms. The standard InChI is InChI=1S/C21H17N3O3/c1-27-21(26)15-5-6-17-16(10-15)11-19(20(25)23-17)24-8-2-3-14-9-13(12-22)4-7-18(14)24/h4-7,9-11H,2-3,8H2,1H3,(H,23,25). The molecule has 0 amide bonds. The minimum absolute atomic E-state index is 0.189. The van der Waals surface area contributed by atoms with E-state index in [0.717, 1.165) is 29.5 Å². The maximum Gasteiger partial charge on any atom is 0.337 e. The third kappa shape index (κ3) is 2.93. The van der Waals surface area contributed by atoms with E-state index in [1.165, 1.54) is 7.11 Å². The minimum atomic E-state index is -0.419. The van der Waals surface area contributed by atoms with Crippen molar-refractivity contribution in [2.75, 3.05) is 18.6 Å². The van der Waals surface area contributed by atoms with Crippen molar-refractivity contribution in [2.24, 2.45) is 0 Å². The third-order valence-electron chi connectivity index (χ3n) is 4.86. The number of nitrogens with one attached hydrogen (secondary N) is 1. The molecule has 2 aromatic carbocycles. The third-order valence-corrected chi connectivity index (χ3v) is 4.86. The molecule has 4 rings (SSSR count). The van der Waals surface area contributed by atoms with Crippen LogP contribution in [0.25, 0.3) is 10.9 Å². The van der Waals surface area contributed by atoms with Crippen molar-refractivity contribution in [2.45, 2.75) is 12.8 Å². The summed E-state index contributed by atoms with van der Waals surface area (Å²) < 4.78 is 4.78. The SMILES string of the molecule is COC(=O)c1ccc2[nH]c(=O)c(N3CCCc4cc(C#N)ccc43)cc2c1. The summed E-state index contributed by atoms with van der Waals surface area (Å²) in [6.07, 6.45) is 1.76. The van der Waals surface area contributed by atoms with Gasteiger partial charge in [0, 0.05) is 23.1 Å². The number of methoxy groups -OCH3 is 1. The van der Waals surface area contributed by atoms with Crippen LogP contribution in [0.1, 0.15) is 27.9 Å². The summed E-state index contributed by atoms with van der Waals surface area (Å²) in [4.78, 5) is 29.4. The largest absolute Gasteiger partial charge is 0.465 e. The van der Waals surface area contributed by atoms with Gasteiger partial charge in [-0.25, -0.2) is 4.79 Å². The van der Waals surface area contributed by atoms with Gasteiger partial charge < -0.3 is 14.6 Å². The first kappa shape index (κ1) is 16.9. The molecule has 0 fully saturated rings. The molecule has 0 saturated carbocycles. The number of H-pyrrole nitrogens is 1. The normalized spacial score (nSPS) is 13.1. The Hall–Kier alpha value is -3.59. The Balaban J connectivity index is 1.85. The zero-order chi connectivity index (χ0) is 19.0. The minimum Gasteiger partial charge on any atom is -0.465 e. The quantitative estimate of drug-likeness (QED) is 0.710. The Morgan fingerprint density at radius 1 is 1.19 bits per heavy atom. The number of nitriles is 1. The second-order valence-electron chi connectivity index (χ2n) is 6.49. The zero-order valence-electron chi connectivity index (χ0n) is 14.8. The van der Waals surface area contributed by atoms with Gasteiger partial charge in [0.1, 0.15) is 5.69 Å². The van der Waals surface area contributed by atoms with Crippen LogP contribution in [0, 0.1) is 11.3 Å². The number of ether oxygens (including phenoxy) is 1. The number of pyridine rings is 1. The van der Waals surface area contributed by atoms with Crippen LogP contribution in [0.2, 0.25) is 0 Å². The van der Waals surface area contributed by atoms with E-state index in [2.05, 4.69) is 11.1 Å². The number of aromatic nitrogens is 1. The van der Waals surface area contributed by atoms with E-state index < -0.39 is 5.97 Å². The average molecular weight is 359 g/mol. The number of anilines is 2. The summed E-state index contributed by atoms with van der Waals surface area (Å²) in [6, 6.07) is 14.5. The zero-order valence-corrected chi connectivity index (χ0v) is 14.8. The fourth-order valence-electron chi connectivity index (χ4n) is 3.56. The lowest BCUT2D eigenvalue weighted by atomic mass is 9.99. The number of aromatic amines is 1. The molecule has 1 aliphatic rings. The van der Waals surface area contributed by atoms with E-state index in [1.54, 1.807) is 30.3 Å². The molecule has 2 heterocycles. The van der Waals surface area contributed by atoms with Crippen LogP contribution in [0.15, 0.2) is 47.3 Å². The molecule has 3 aromatic rings. The molecule has 6 heteroatoms. The van der Waals surface area contributed by atoms with Crippen LogP contribution in [-0.4, -0.2) is 24.6 Å². The van der Waals surface area contributed by atoms with Crippen molar-refractivity contribution >= 4 is 28.2 Å². The summed E-state index contributed by atoms with van der Waals surface area (Å²) in [5.41, 5.74) is 4.04. The molecule has 1 aliphatic heterocycles. The van der Waals surface area contributed by atoms with Crippen molar-refractivity contribution in [1.29, 1.82) is 5.26 Å². The van der Waals surface area contributed by atoms with Crippen LogP contribution in [0.5, 0.6) is 0 Å². The van der Waals surface area contributed by atoms with E-state index in [0.29, 0.717) is 28.9 Å². The summed E-state index contributed by atoms with van der Waals surface area (Å²) >= 11 is 0. The van der Waals surface area contributed by atoms with Gasteiger partial charge in [0.2, 0.25) is 0 Å². The van der Waals surface area contributed by atoms with Gasteiger partial charge >= 0.3 is 5.97 Å². The molecule has 0 spiro atoms. The number of esters is 1. The van der Waals surface area contributed by atoms with Crippen molar-refractivity contribution in [3.05, 3.63) is 69.5 Å². The van der Waals surface area contributed by atoms with Crippen molar-refractivity contribution in [3.63, 3.8) is 0 Å². The van der Waals surface area contributed by atoms with Gasteiger partial charge in [-0.2, -0.15) is 5.26 Å². The maximum atomic E-state index is 12.7. The number of fused-ring (bicyclic) bond motifs is 2. The highest BCUT2D eigenvalue weighted by Crippen LogP contribution is 2.33. The lowest BCUT2D eigenvalue weighted by molar-refractivity contribution is 0.0601. The first-order valence-electron chi connectivity index (χ1n) is 8.66. The Bertz CT molecular complexity index is 1160. The molecule has 0 aliphatic carbocycles. The van der Waals surface area contributed by atoms with E-state index in [-0.39, 0.29) is 5.56 Å². The second-order valence-corrected chi connectivity index (χ2v) is 6.49. The number of carbonyl (C=O) groups excluding carboxylic acids is 1. The molecule has 134 valence electrons. The van der Waals surface area contributed by atoms with Crippen LogP contribution in [0.3, 0.4) is 0 Å². The lowest BCUT2D eigenvalue weighted by Crippen LogP contribution is -2.29. The predicted molar refractivity (Wildman–Crippen MR) is 102 cm³/mol. The van der Waals surface area contributed by atoms with E-state index >= 15 is 0 Å². The molecule has 6 nitrogen and oxygen atoms in total. The van der Waals surface area contributed by atoms with Crippen molar-refractivity contribution in [1.82, 2.24) is 4.98 Å². The second kappa shape index (κ2) is 6.61. The molecule has 0 saturated heterocycles. The number of carbonyl (C=O) groups is 1. The van der Waals surface area contributed by atoms with Gasteiger partial charge in [0.15, 0.2) is 0 Å². The first-order valence-corrected chi connectivity index (χ1v) is 8.66. The summed E-state index contributed by atoms with van der Waals surface area (Å²) in [5.74, 6) is -0.419. The van der Waals surface area contributed by atoms with E-state index in [4.69, 9.17) is 10.00 Å². The highest BCUT2D eigenvalue weighted by Gasteiger charge is 2.21. The number of nitrogens with zero attached hydrogens (tertiary/aromatic N) is 2. The smallest absolute Gasteiger partial charge is 0.337 e. The number of hydrogen-bond acceptors (Lipinski definition) is 5. The molecule has 0 unspecified atom stereocenters. The van der Waals surface area contributed by atoms with E-state index in [9.17, 15) is 9.59 Å². The van der Waals surface area contributed by atoms with Gasteiger partial charge in [0.05, 0.1) is 24.3 Å². The Kier molecular flexibility index (Phi) is 4.13. The monoisotopic (exact) mass is 359 g/mol. The molecule has 1 N–H and O–H groups in total. The Morgan fingerprint density at radius 2 is 2.04 bits per heavy atom. The van der Waals surface area contributed by atoms with Gasteiger partial charge in [-0.15, -0.1) is 0 Å². The van der Waals surface area contributed by atoms with E-state index in [1.807, 2.05) is 17.0 Å². The maximum absolute atomic E-state index is 12.7. The van der Waals surface area contributed by atoms with Gasteiger partial charge in [-0.3, -0.25) is 4.79 Å². The molecule has 0 atom stereocenters. The van der Waals surface area contributed by atoms with Crippen molar-refractivity contribution in [3.8, 4) is 6.07 Å². The molecule has 0 bridgehead atoms. The topological polar surface area (TPSA) is 86.2 Å². The van der Waals surface area contributed by atoms with Gasteiger partial charge in [-0.05, 0) is 60.9 Å². The van der Waals surface area contributed by atoms with Gasteiger partial charge in [0.25, 0.3) is 5.56 Å². The average Bonchev–Trinajstić information content (AvgIpc) is 2.71. The Labute approximate surface area is 155 Å².